The Bertz CT molecular complexity index is 1090. The second kappa shape index (κ2) is 8.17. The maximum absolute atomic E-state index is 12.3. The summed E-state index contributed by atoms with van der Waals surface area (Å²) >= 11 is 2.88. The third-order valence-corrected chi connectivity index (χ3v) is 6.47. The smallest absolute Gasteiger partial charge is 0.226 e. The normalized spacial score (nSPS) is 12.6. The molecule has 28 heavy (non-hydrogen) atoms. The Kier molecular flexibility index (Phi) is 5.46. The minimum atomic E-state index is -0.0989. The van der Waals surface area contributed by atoms with Crippen molar-refractivity contribution in [2.24, 2.45) is 0 Å². The molecular formula is C20H18N4O2S2. The summed E-state index contributed by atoms with van der Waals surface area (Å²) in [4.78, 5) is 21.3. The van der Waals surface area contributed by atoms with Gasteiger partial charge in [0.25, 0.3) is 0 Å². The van der Waals surface area contributed by atoms with Crippen LogP contribution in [0, 0.1) is 11.3 Å². The van der Waals surface area contributed by atoms with Crippen LogP contribution in [0.1, 0.15) is 29.7 Å². The molecule has 1 aliphatic carbocycles. The second-order valence-corrected chi connectivity index (χ2v) is 8.53. The SMILES string of the molecule is COc1ccc2nc(NC(=O)CCSc3nc4c(cc3C#N)CCC4)sc2c1. The molecule has 3 aromatic rings. The number of nitrogens with one attached hydrogen (secondary N) is 1. The molecule has 0 aliphatic heterocycles. The van der Waals surface area contributed by atoms with E-state index in [2.05, 4.69) is 21.4 Å². The first kappa shape index (κ1) is 18.7. The van der Waals surface area contributed by atoms with Gasteiger partial charge in [-0.15, -0.1) is 11.8 Å². The molecule has 8 heteroatoms. The molecule has 1 aromatic carbocycles. The zero-order chi connectivity index (χ0) is 19.5. The molecule has 2 heterocycles. The quantitative estimate of drug-likeness (QED) is 0.613. The number of hydrogen-bond donors (Lipinski definition) is 1. The van der Waals surface area contributed by atoms with Crippen LogP contribution in [0.15, 0.2) is 29.3 Å². The van der Waals surface area contributed by atoms with Gasteiger partial charge in [0.05, 0.1) is 22.9 Å². The van der Waals surface area contributed by atoms with E-state index in [-0.39, 0.29) is 5.91 Å². The fourth-order valence-corrected chi connectivity index (χ4v) is 4.98. The van der Waals surface area contributed by atoms with Crippen LogP contribution in [0.2, 0.25) is 0 Å². The van der Waals surface area contributed by atoms with Gasteiger partial charge in [-0.3, -0.25) is 4.79 Å². The zero-order valence-corrected chi connectivity index (χ0v) is 17.0. The number of anilines is 1. The number of aromatic nitrogens is 2. The largest absolute Gasteiger partial charge is 0.497 e. The average molecular weight is 411 g/mol. The van der Waals surface area contributed by atoms with Gasteiger partial charge in [0.1, 0.15) is 16.8 Å². The number of fused-ring (bicyclic) bond motifs is 2. The highest BCUT2D eigenvalue weighted by Gasteiger charge is 2.17. The van der Waals surface area contributed by atoms with Crippen LogP contribution < -0.4 is 10.1 Å². The minimum Gasteiger partial charge on any atom is -0.497 e. The van der Waals surface area contributed by atoms with Crippen molar-refractivity contribution in [1.82, 2.24) is 9.97 Å². The lowest BCUT2D eigenvalue weighted by Gasteiger charge is -2.06. The van der Waals surface area contributed by atoms with E-state index in [9.17, 15) is 10.1 Å². The van der Waals surface area contributed by atoms with Crippen LogP contribution in [0.25, 0.3) is 10.2 Å². The monoisotopic (exact) mass is 410 g/mol. The number of benzene rings is 1. The minimum absolute atomic E-state index is 0.0989. The first-order valence-electron chi connectivity index (χ1n) is 8.96. The zero-order valence-electron chi connectivity index (χ0n) is 15.3. The predicted octanol–water partition coefficient (Wildman–Crippen LogP) is 4.18. The van der Waals surface area contributed by atoms with Gasteiger partial charge in [0.15, 0.2) is 5.13 Å². The summed E-state index contributed by atoms with van der Waals surface area (Å²) in [6.45, 7) is 0. The number of nitriles is 1. The van der Waals surface area contributed by atoms with Gasteiger partial charge in [-0.1, -0.05) is 11.3 Å². The number of nitrogens with zero attached hydrogens (tertiary/aromatic N) is 3. The maximum atomic E-state index is 12.3. The lowest BCUT2D eigenvalue weighted by molar-refractivity contribution is -0.115. The molecule has 1 N–H and O–H groups in total. The van der Waals surface area contributed by atoms with E-state index in [0.29, 0.717) is 22.9 Å². The Labute approximate surface area is 171 Å². The molecule has 0 atom stereocenters. The van der Waals surface area contributed by atoms with Crippen molar-refractivity contribution in [3.8, 4) is 11.8 Å². The Morgan fingerprint density at radius 2 is 2.25 bits per heavy atom. The number of carbonyl (C=O) groups is 1. The molecule has 0 radical (unpaired) electrons. The molecule has 1 amide bonds. The summed E-state index contributed by atoms with van der Waals surface area (Å²) in [5.74, 6) is 1.23. The molecule has 0 bridgehead atoms. The molecule has 0 unspecified atom stereocenters. The lowest BCUT2D eigenvalue weighted by Crippen LogP contribution is -2.12. The number of aryl methyl sites for hydroxylation is 2. The maximum Gasteiger partial charge on any atom is 0.226 e. The van der Waals surface area contributed by atoms with Gasteiger partial charge in [0.2, 0.25) is 5.91 Å². The molecule has 142 valence electrons. The van der Waals surface area contributed by atoms with E-state index in [4.69, 9.17) is 4.74 Å². The fraction of sp³-hybridized carbons (Fsp3) is 0.300. The number of amides is 1. The van der Waals surface area contributed by atoms with Crippen LogP contribution in [-0.2, 0) is 17.6 Å². The van der Waals surface area contributed by atoms with Crippen LogP contribution >= 0.6 is 23.1 Å². The average Bonchev–Trinajstić information content (AvgIpc) is 3.31. The lowest BCUT2D eigenvalue weighted by atomic mass is 10.2. The second-order valence-electron chi connectivity index (χ2n) is 6.41. The van der Waals surface area contributed by atoms with Crippen molar-refractivity contribution in [2.45, 2.75) is 30.7 Å². The number of methoxy groups -OCH3 is 1. The molecule has 0 saturated carbocycles. The van der Waals surface area contributed by atoms with E-state index in [1.165, 1.54) is 28.7 Å². The van der Waals surface area contributed by atoms with Crippen LogP contribution in [-0.4, -0.2) is 28.7 Å². The third-order valence-electron chi connectivity index (χ3n) is 4.55. The Morgan fingerprint density at radius 3 is 3.07 bits per heavy atom. The summed E-state index contributed by atoms with van der Waals surface area (Å²) in [6, 6.07) is 9.80. The molecule has 6 nitrogen and oxygen atoms in total. The molecular weight excluding hydrogens is 392 g/mol. The first-order chi connectivity index (χ1) is 13.7. The van der Waals surface area contributed by atoms with Crippen molar-refractivity contribution in [3.05, 3.63) is 41.1 Å². The molecule has 0 fully saturated rings. The van der Waals surface area contributed by atoms with Crippen molar-refractivity contribution >= 4 is 44.4 Å². The van der Waals surface area contributed by atoms with E-state index >= 15 is 0 Å². The molecule has 0 spiro atoms. The first-order valence-corrected chi connectivity index (χ1v) is 10.8. The van der Waals surface area contributed by atoms with Crippen molar-refractivity contribution in [2.75, 3.05) is 18.2 Å². The summed E-state index contributed by atoms with van der Waals surface area (Å²) in [6.07, 6.45) is 3.39. The van der Waals surface area contributed by atoms with Gasteiger partial charge < -0.3 is 10.1 Å². The van der Waals surface area contributed by atoms with Crippen molar-refractivity contribution < 1.29 is 9.53 Å². The molecule has 2 aromatic heterocycles. The number of ether oxygens (including phenoxy) is 1. The highest BCUT2D eigenvalue weighted by Crippen LogP contribution is 2.30. The van der Waals surface area contributed by atoms with Crippen LogP contribution in [0.4, 0.5) is 5.13 Å². The van der Waals surface area contributed by atoms with E-state index in [0.717, 1.165) is 45.9 Å². The summed E-state index contributed by atoms with van der Waals surface area (Å²) in [7, 11) is 1.62. The highest BCUT2D eigenvalue weighted by molar-refractivity contribution is 7.99. The van der Waals surface area contributed by atoms with Crippen molar-refractivity contribution in [3.63, 3.8) is 0 Å². The Hall–Kier alpha value is -2.63. The summed E-state index contributed by atoms with van der Waals surface area (Å²) < 4.78 is 6.18. The van der Waals surface area contributed by atoms with Gasteiger partial charge in [-0.05, 0) is 49.1 Å². The topological polar surface area (TPSA) is 87.9 Å². The third kappa shape index (κ3) is 3.96. The number of rotatable bonds is 6. The van der Waals surface area contributed by atoms with Gasteiger partial charge in [-0.2, -0.15) is 5.26 Å². The van der Waals surface area contributed by atoms with Gasteiger partial charge in [0, 0.05) is 17.9 Å². The number of thiazole rings is 1. The summed E-state index contributed by atoms with van der Waals surface area (Å²) in [5, 5.41) is 13.5. The molecule has 4 rings (SSSR count). The number of thioether (sulfide) groups is 1. The summed E-state index contributed by atoms with van der Waals surface area (Å²) in [5.41, 5.74) is 3.71. The van der Waals surface area contributed by atoms with E-state index in [1.54, 1.807) is 7.11 Å². The highest BCUT2D eigenvalue weighted by atomic mass is 32.2. The molecule has 1 aliphatic rings. The number of carbonyl (C=O) groups excluding carboxylic acids is 1. The predicted molar refractivity (Wildman–Crippen MR) is 111 cm³/mol. The van der Waals surface area contributed by atoms with Gasteiger partial charge in [-0.25, -0.2) is 9.97 Å². The molecule has 0 saturated heterocycles. The van der Waals surface area contributed by atoms with Crippen molar-refractivity contribution in [1.29, 1.82) is 5.26 Å². The Balaban J connectivity index is 1.36. The Morgan fingerprint density at radius 1 is 1.36 bits per heavy atom. The number of hydrogen-bond acceptors (Lipinski definition) is 7. The van der Waals surface area contributed by atoms with Crippen LogP contribution in [0.5, 0.6) is 5.75 Å². The van der Waals surface area contributed by atoms with E-state index < -0.39 is 0 Å². The van der Waals surface area contributed by atoms with E-state index in [1.807, 2.05) is 24.3 Å². The van der Waals surface area contributed by atoms with Gasteiger partial charge >= 0.3 is 0 Å². The van der Waals surface area contributed by atoms with Crippen LogP contribution in [0.3, 0.4) is 0 Å². The fourth-order valence-electron chi connectivity index (χ4n) is 3.15. The standard InChI is InChI=1S/C20H18N4O2S2/c1-26-14-5-6-16-17(10-14)28-20(23-16)24-18(25)7-8-27-19-13(11-21)9-12-3-2-4-15(12)22-19/h5-6,9-10H,2-4,7-8H2,1H3,(H,23,24,25). The number of pyridine rings is 1.